The molecular weight excluding hydrogens is 248 g/mol. The highest BCUT2D eigenvalue weighted by atomic mass is 16.5. The maximum absolute atomic E-state index is 11.6. The minimum atomic E-state index is -1.16. The second-order valence-electron chi connectivity index (χ2n) is 3.89. The fraction of sp³-hybridized carbons (Fsp3) is 0.154. The van der Waals surface area contributed by atoms with Crippen molar-refractivity contribution < 1.29 is 14.6 Å². The van der Waals surface area contributed by atoms with Gasteiger partial charge in [0.15, 0.2) is 5.75 Å². The van der Waals surface area contributed by atoms with Crippen molar-refractivity contribution in [2.24, 2.45) is 0 Å². The van der Waals surface area contributed by atoms with Crippen molar-refractivity contribution in [3.8, 4) is 5.75 Å². The predicted molar refractivity (Wildman–Crippen MR) is 67.6 cm³/mol. The molecule has 2 heterocycles. The van der Waals surface area contributed by atoms with E-state index in [9.17, 15) is 9.59 Å². The molecule has 0 unspecified atom stereocenters. The Labute approximate surface area is 108 Å². The molecule has 2 rings (SSSR count). The number of rotatable bonds is 4. The van der Waals surface area contributed by atoms with Crippen LogP contribution in [0.5, 0.6) is 5.75 Å². The minimum absolute atomic E-state index is 0.0883. The molecule has 19 heavy (non-hydrogen) atoms. The maximum atomic E-state index is 11.6. The van der Waals surface area contributed by atoms with Crippen LogP contribution in [0.3, 0.4) is 0 Å². The average molecular weight is 260 g/mol. The molecule has 0 aromatic carbocycles. The Morgan fingerprint density at radius 2 is 2.32 bits per heavy atom. The number of aromatic carboxylic acids is 1. The number of carboxylic acid groups (broad SMARTS) is 1. The van der Waals surface area contributed by atoms with Gasteiger partial charge in [0, 0.05) is 25.0 Å². The first kappa shape index (κ1) is 12.8. The summed E-state index contributed by atoms with van der Waals surface area (Å²) in [6.45, 7) is 0.298. The molecule has 0 saturated heterocycles. The summed E-state index contributed by atoms with van der Waals surface area (Å²) in [5.74, 6) is -1.06. The number of carboxylic acids is 1. The summed E-state index contributed by atoms with van der Waals surface area (Å²) in [5.41, 5.74) is 0.285. The number of aromatic nitrogens is 2. The number of ether oxygens (including phenoxy) is 1. The van der Waals surface area contributed by atoms with Crippen LogP contribution in [0.2, 0.25) is 0 Å². The molecule has 0 spiro atoms. The summed E-state index contributed by atoms with van der Waals surface area (Å²) in [7, 11) is 1.37. The van der Waals surface area contributed by atoms with Crippen molar-refractivity contribution >= 4 is 5.97 Å². The van der Waals surface area contributed by atoms with Gasteiger partial charge in [0.25, 0.3) is 0 Å². The van der Waals surface area contributed by atoms with Gasteiger partial charge in [-0.05, 0) is 11.6 Å². The van der Waals surface area contributed by atoms with Gasteiger partial charge in [-0.2, -0.15) is 0 Å². The lowest BCUT2D eigenvalue weighted by Gasteiger charge is -2.12. The van der Waals surface area contributed by atoms with Gasteiger partial charge >= 0.3 is 5.97 Å². The summed E-state index contributed by atoms with van der Waals surface area (Å²) in [4.78, 5) is 26.7. The molecule has 0 aliphatic carbocycles. The van der Waals surface area contributed by atoms with Crippen LogP contribution in [-0.4, -0.2) is 27.7 Å². The van der Waals surface area contributed by atoms with Crippen molar-refractivity contribution in [2.75, 3.05) is 7.11 Å². The van der Waals surface area contributed by atoms with Crippen LogP contribution in [-0.2, 0) is 6.54 Å². The normalized spacial score (nSPS) is 10.2. The minimum Gasteiger partial charge on any atom is -0.491 e. The van der Waals surface area contributed by atoms with Gasteiger partial charge < -0.3 is 14.4 Å². The standard InChI is InChI=1S/C13H12N2O4/c1-19-12-8-15(7-9-3-2-4-14-6-9)10(13(17)18)5-11(12)16/h2-6,8H,7H2,1H3,(H,17,18). The number of carbonyl (C=O) groups is 1. The molecule has 0 saturated carbocycles. The van der Waals surface area contributed by atoms with Gasteiger partial charge in [-0.25, -0.2) is 4.79 Å². The van der Waals surface area contributed by atoms with E-state index in [0.717, 1.165) is 11.6 Å². The molecule has 0 amide bonds. The summed E-state index contributed by atoms with van der Waals surface area (Å²) in [6, 6.07) is 4.64. The molecule has 2 aromatic heterocycles. The number of hydrogen-bond donors (Lipinski definition) is 1. The Hall–Kier alpha value is -2.63. The van der Waals surface area contributed by atoms with E-state index >= 15 is 0 Å². The van der Waals surface area contributed by atoms with Gasteiger partial charge in [-0.15, -0.1) is 0 Å². The molecule has 6 heteroatoms. The molecule has 0 fully saturated rings. The smallest absolute Gasteiger partial charge is 0.352 e. The third-order valence-corrected chi connectivity index (χ3v) is 2.61. The first-order valence-corrected chi connectivity index (χ1v) is 5.52. The zero-order chi connectivity index (χ0) is 13.8. The number of nitrogens with zero attached hydrogens (tertiary/aromatic N) is 2. The Morgan fingerprint density at radius 1 is 1.53 bits per heavy atom. The van der Waals surface area contributed by atoms with Crippen LogP contribution < -0.4 is 10.2 Å². The molecule has 0 aliphatic heterocycles. The summed E-state index contributed by atoms with van der Waals surface area (Å²) in [6.07, 6.45) is 4.66. The zero-order valence-electron chi connectivity index (χ0n) is 10.2. The molecule has 0 atom stereocenters. The van der Waals surface area contributed by atoms with Crippen LogP contribution in [0.1, 0.15) is 16.1 Å². The molecular formula is C13H12N2O4. The van der Waals surface area contributed by atoms with E-state index in [1.54, 1.807) is 18.5 Å². The SMILES string of the molecule is COc1cn(Cc2cccnc2)c(C(=O)O)cc1=O. The lowest BCUT2D eigenvalue weighted by atomic mass is 10.2. The van der Waals surface area contributed by atoms with E-state index in [0.29, 0.717) is 6.54 Å². The van der Waals surface area contributed by atoms with E-state index < -0.39 is 11.4 Å². The van der Waals surface area contributed by atoms with Crippen molar-refractivity contribution in [1.29, 1.82) is 0 Å². The van der Waals surface area contributed by atoms with Crippen molar-refractivity contribution in [3.63, 3.8) is 0 Å². The second-order valence-corrected chi connectivity index (χ2v) is 3.89. The van der Waals surface area contributed by atoms with Crippen LogP contribution in [0.15, 0.2) is 41.6 Å². The van der Waals surface area contributed by atoms with Gasteiger partial charge in [-0.1, -0.05) is 6.07 Å². The molecule has 0 radical (unpaired) electrons. The second kappa shape index (κ2) is 5.34. The van der Waals surface area contributed by atoms with Gasteiger partial charge in [0.2, 0.25) is 5.43 Å². The summed E-state index contributed by atoms with van der Waals surface area (Å²) >= 11 is 0. The van der Waals surface area contributed by atoms with E-state index in [1.165, 1.54) is 17.9 Å². The predicted octanol–water partition coefficient (Wildman–Crippen LogP) is 0.998. The van der Waals surface area contributed by atoms with Crippen LogP contribution in [0.4, 0.5) is 0 Å². The topological polar surface area (TPSA) is 81.4 Å². The van der Waals surface area contributed by atoms with Gasteiger partial charge in [0.05, 0.1) is 13.3 Å². The Morgan fingerprint density at radius 3 is 2.89 bits per heavy atom. The molecule has 0 bridgehead atoms. The highest BCUT2D eigenvalue weighted by molar-refractivity contribution is 5.85. The molecule has 98 valence electrons. The highest BCUT2D eigenvalue weighted by Crippen LogP contribution is 2.09. The molecule has 2 aromatic rings. The highest BCUT2D eigenvalue weighted by Gasteiger charge is 2.13. The average Bonchev–Trinajstić information content (AvgIpc) is 2.41. The number of methoxy groups -OCH3 is 1. The molecule has 6 nitrogen and oxygen atoms in total. The van der Waals surface area contributed by atoms with Crippen LogP contribution in [0.25, 0.3) is 0 Å². The maximum Gasteiger partial charge on any atom is 0.352 e. The van der Waals surface area contributed by atoms with E-state index in [2.05, 4.69) is 4.98 Å². The monoisotopic (exact) mass is 260 g/mol. The van der Waals surface area contributed by atoms with Crippen molar-refractivity contribution in [2.45, 2.75) is 6.54 Å². The fourth-order valence-corrected chi connectivity index (χ4v) is 1.71. The Balaban J connectivity index is 2.48. The Bertz CT molecular complexity index is 649. The lowest BCUT2D eigenvalue weighted by Crippen LogP contribution is -2.18. The quantitative estimate of drug-likeness (QED) is 0.886. The first-order valence-electron chi connectivity index (χ1n) is 5.52. The van der Waals surface area contributed by atoms with Crippen molar-refractivity contribution in [3.05, 3.63) is 58.3 Å². The number of hydrogen-bond acceptors (Lipinski definition) is 4. The molecule has 0 aliphatic rings. The number of pyridine rings is 2. The molecule has 1 N–H and O–H groups in total. The largest absolute Gasteiger partial charge is 0.491 e. The lowest BCUT2D eigenvalue weighted by molar-refractivity contribution is 0.0684. The summed E-state index contributed by atoms with van der Waals surface area (Å²) < 4.78 is 6.36. The zero-order valence-corrected chi connectivity index (χ0v) is 10.2. The van der Waals surface area contributed by atoms with Gasteiger partial charge in [0.1, 0.15) is 5.69 Å². The van der Waals surface area contributed by atoms with E-state index in [1.807, 2.05) is 6.07 Å². The van der Waals surface area contributed by atoms with E-state index in [-0.39, 0.29) is 11.4 Å². The third-order valence-electron chi connectivity index (χ3n) is 2.61. The van der Waals surface area contributed by atoms with E-state index in [4.69, 9.17) is 9.84 Å². The first-order chi connectivity index (χ1) is 9.11. The van der Waals surface area contributed by atoms with Gasteiger partial charge in [-0.3, -0.25) is 9.78 Å². The summed E-state index contributed by atoms with van der Waals surface area (Å²) in [5, 5.41) is 9.12. The van der Waals surface area contributed by atoms with Crippen LogP contribution in [0, 0.1) is 0 Å². The van der Waals surface area contributed by atoms with Crippen molar-refractivity contribution in [1.82, 2.24) is 9.55 Å². The third kappa shape index (κ3) is 2.79. The fourth-order valence-electron chi connectivity index (χ4n) is 1.71. The van der Waals surface area contributed by atoms with Crippen LogP contribution >= 0.6 is 0 Å². The Kier molecular flexibility index (Phi) is 3.61.